The van der Waals surface area contributed by atoms with Crippen LogP contribution in [0.15, 0.2) is 47.4 Å². The van der Waals surface area contributed by atoms with Crippen molar-refractivity contribution < 1.29 is 24.2 Å². The quantitative estimate of drug-likeness (QED) is 0.368. The topological polar surface area (TPSA) is 118 Å². The molecule has 0 aliphatic heterocycles. The smallest absolute Gasteiger partial charge is 0.303 e. The van der Waals surface area contributed by atoms with E-state index in [0.29, 0.717) is 17.4 Å². The number of carbonyl (C=O) groups is 3. The van der Waals surface area contributed by atoms with Crippen LogP contribution in [0.4, 0.5) is 10.8 Å². The van der Waals surface area contributed by atoms with Gasteiger partial charge in [-0.3, -0.25) is 14.4 Å². The SMILES string of the molecule is CCOc1ccc2nc(NC(=O)C(C)Sc3ccc(NC(=O)CCC(=O)O)cc3)sc2c1. The van der Waals surface area contributed by atoms with Crippen molar-refractivity contribution in [3.05, 3.63) is 42.5 Å². The molecule has 2 amide bonds. The summed E-state index contributed by atoms with van der Waals surface area (Å²) in [5.41, 5.74) is 1.37. The van der Waals surface area contributed by atoms with Crippen molar-refractivity contribution in [3.8, 4) is 5.75 Å². The van der Waals surface area contributed by atoms with Gasteiger partial charge in [-0.2, -0.15) is 0 Å². The van der Waals surface area contributed by atoms with Crippen LogP contribution in [0.5, 0.6) is 5.75 Å². The fourth-order valence-corrected chi connectivity index (χ4v) is 4.50. The van der Waals surface area contributed by atoms with E-state index in [0.717, 1.165) is 20.9 Å². The minimum Gasteiger partial charge on any atom is -0.494 e. The summed E-state index contributed by atoms with van der Waals surface area (Å²) < 4.78 is 6.44. The van der Waals surface area contributed by atoms with E-state index in [9.17, 15) is 14.4 Å². The van der Waals surface area contributed by atoms with Gasteiger partial charge in [0.25, 0.3) is 0 Å². The first-order valence-corrected chi connectivity index (χ1v) is 11.7. The summed E-state index contributed by atoms with van der Waals surface area (Å²) in [5, 5.41) is 14.3. The molecule has 3 N–H and O–H groups in total. The summed E-state index contributed by atoms with van der Waals surface area (Å²) in [6, 6.07) is 12.7. The first-order chi connectivity index (χ1) is 15.3. The Labute approximate surface area is 193 Å². The number of fused-ring (bicyclic) bond motifs is 1. The Morgan fingerprint density at radius 1 is 1.12 bits per heavy atom. The number of nitrogens with zero attached hydrogens (tertiary/aromatic N) is 1. The molecule has 0 saturated heterocycles. The van der Waals surface area contributed by atoms with Gasteiger partial charge in [-0.15, -0.1) is 11.8 Å². The number of aromatic nitrogens is 1. The lowest BCUT2D eigenvalue weighted by atomic mass is 10.2. The van der Waals surface area contributed by atoms with Gasteiger partial charge in [0, 0.05) is 17.0 Å². The fourth-order valence-electron chi connectivity index (χ4n) is 2.74. The van der Waals surface area contributed by atoms with Crippen molar-refractivity contribution >= 4 is 61.9 Å². The number of carboxylic acids is 1. The number of hydrogen-bond donors (Lipinski definition) is 3. The number of nitrogens with one attached hydrogen (secondary N) is 2. The lowest BCUT2D eigenvalue weighted by Gasteiger charge is -2.11. The predicted octanol–water partition coefficient (Wildman–Crippen LogP) is 4.62. The van der Waals surface area contributed by atoms with Gasteiger partial charge in [0.15, 0.2) is 5.13 Å². The highest BCUT2D eigenvalue weighted by molar-refractivity contribution is 8.00. The molecule has 8 nitrogen and oxygen atoms in total. The Morgan fingerprint density at radius 2 is 1.88 bits per heavy atom. The van der Waals surface area contributed by atoms with Gasteiger partial charge >= 0.3 is 5.97 Å². The molecule has 10 heteroatoms. The van der Waals surface area contributed by atoms with Gasteiger partial charge < -0.3 is 20.5 Å². The molecule has 0 aliphatic rings. The average molecular weight is 474 g/mol. The molecule has 1 heterocycles. The van der Waals surface area contributed by atoms with Crippen LogP contribution < -0.4 is 15.4 Å². The third-order valence-corrected chi connectivity index (χ3v) is 6.33. The highest BCUT2D eigenvalue weighted by atomic mass is 32.2. The number of ether oxygens (including phenoxy) is 1. The Kier molecular flexibility index (Phi) is 8.07. The van der Waals surface area contributed by atoms with Gasteiger partial charge in [-0.1, -0.05) is 11.3 Å². The maximum atomic E-state index is 12.6. The Bertz CT molecular complexity index is 1110. The second kappa shape index (κ2) is 11.0. The van der Waals surface area contributed by atoms with Gasteiger partial charge in [-0.05, 0) is 56.3 Å². The van der Waals surface area contributed by atoms with E-state index < -0.39 is 5.97 Å². The minimum atomic E-state index is -1.01. The Balaban J connectivity index is 1.54. The number of carbonyl (C=O) groups excluding carboxylic acids is 2. The number of carboxylic acid groups (broad SMARTS) is 1. The minimum absolute atomic E-state index is 0.0816. The molecule has 2 aromatic carbocycles. The molecule has 1 atom stereocenters. The molecule has 0 aliphatic carbocycles. The van der Waals surface area contributed by atoms with E-state index in [4.69, 9.17) is 9.84 Å². The molecule has 0 fully saturated rings. The maximum Gasteiger partial charge on any atom is 0.303 e. The lowest BCUT2D eigenvalue weighted by molar-refractivity contribution is -0.138. The fraction of sp³-hybridized carbons (Fsp3) is 0.273. The molecule has 0 saturated carbocycles. The molecule has 0 radical (unpaired) electrons. The van der Waals surface area contributed by atoms with E-state index in [-0.39, 0.29) is 29.9 Å². The third-order valence-electron chi connectivity index (χ3n) is 4.29. The molecule has 1 unspecified atom stereocenters. The second-order valence-electron chi connectivity index (χ2n) is 6.80. The van der Waals surface area contributed by atoms with Crippen molar-refractivity contribution in [2.75, 3.05) is 17.2 Å². The summed E-state index contributed by atoms with van der Waals surface area (Å²) in [6.07, 6.45) is -0.295. The van der Waals surface area contributed by atoms with Crippen LogP contribution in [0.2, 0.25) is 0 Å². The van der Waals surface area contributed by atoms with Crippen molar-refractivity contribution in [1.82, 2.24) is 4.98 Å². The molecule has 3 aromatic rings. The number of benzene rings is 2. The van der Waals surface area contributed by atoms with Crippen LogP contribution >= 0.6 is 23.1 Å². The highest BCUT2D eigenvalue weighted by Crippen LogP contribution is 2.31. The molecule has 0 bridgehead atoms. The number of hydrogen-bond acceptors (Lipinski definition) is 7. The number of rotatable bonds is 10. The standard InChI is InChI=1S/C22H23N3O5S2/c1-3-30-15-6-9-17-18(12-15)32-22(24-17)25-21(29)13(2)31-16-7-4-14(5-8-16)23-19(26)10-11-20(27)28/h4-9,12-13H,3,10-11H2,1-2H3,(H,23,26)(H,27,28)(H,24,25,29). The summed E-state index contributed by atoms with van der Waals surface area (Å²) in [6.45, 7) is 4.32. The number of aliphatic carboxylic acids is 1. The molecule has 3 rings (SSSR count). The van der Waals surface area contributed by atoms with Crippen LogP contribution in [0, 0.1) is 0 Å². The zero-order valence-corrected chi connectivity index (χ0v) is 19.2. The van der Waals surface area contributed by atoms with E-state index in [2.05, 4.69) is 15.6 Å². The number of amides is 2. The van der Waals surface area contributed by atoms with E-state index in [1.54, 1.807) is 24.3 Å². The lowest BCUT2D eigenvalue weighted by Crippen LogP contribution is -2.22. The van der Waals surface area contributed by atoms with Crippen LogP contribution in [0.1, 0.15) is 26.7 Å². The van der Waals surface area contributed by atoms with Gasteiger partial charge in [-0.25, -0.2) is 4.98 Å². The molecular weight excluding hydrogens is 450 g/mol. The zero-order valence-electron chi connectivity index (χ0n) is 17.6. The maximum absolute atomic E-state index is 12.6. The second-order valence-corrected chi connectivity index (χ2v) is 9.24. The molecule has 0 spiro atoms. The molecule has 168 valence electrons. The number of thioether (sulfide) groups is 1. The van der Waals surface area contributed by atoms with E-state index in [1.807, 2.05) is 32.0 Å². The Morgan fingerprint density at radius 3 is 2.56 bits per heavy atom. The summed E-state index contributed by atoms with van der Waals surface area (Å²) in [7, 11) is 0. The third kappa shape index (κ3) is 6.69. The average Bonchev–Trinajstić information content (AvgIpc) is 3.15. The first-order valence-electron chi connectivity index (χ1n) is 9.96. The first kappa shape index (κ1) is 23.6. The largest absolute Gasteiger partial charge is 0.494 e. The normalized spacial score (nSPS) is 11.7. The molecule has 1 aromatic heterocycles. The van der Waals surface area contributed by atoms with Crippen molar-refractivity contribution in [3.63, 3.8) is 0 Å². The summed E-state index contributed by atoms with van der Waals surface area (Å²) in [5.74, 6) is -0.762. The van der Waals surface area contributed by atoms with Crippen LogP contribution in [-0.2, 0) is 14.4 Å². The molecular formula is C22H23N3O5S2. The van der Waals surface area contributed by atoms with Crippen molar-refractivity contribution in [1.29, 1.82) is 0 Å². The van der Waals surface area contributed by atoms with E-state index in [1.165, 1.54) is 23.1 Å². The van der Waals surface area contributed by atoms with Crippen molar-refractivity contribution in [2.24, 2.45) is 0 Å². The van der Waals surface area contributed by atoms with Crippen molar-refractivity contribution in [2.45, 2.75) is 36.8 Å². The molecule has 32 heavy (non-hydrogen) atoms. The van der Waals surface area contributed by atoms with Crippen LogP contribution in [-0.4, -0.2) is 39.7 Å². The van der Waals surface area contributed by atoms with Crippen LogP contribution in [0.3, 0.4) is 0 Å². The number of anilines is 2. The van der Waals surface area contributed by atoms with Gasteiger partial charge in [0.1, 0.15) is 5.75 Å². The Hall–Kier alpha value is -3.11. The summed E-state index contributed by atoms with van der Waals surface area (Å²) >= 11 is 2.78. The van der Waals surface area contributed by atoms with Gasteiger partial charge in [0.05, 0.1) is 28.5 Å². The highest BCUT2D eigenvalue weighted by Gasteiger charge is 2.17. The van der Waals surface area contributed by atoms with E-state index >= 15 is 0 Å². The monoisotopic (exact) mass is 473 g/mol. The predicted molar refractivity (Wildman–Crippen MR) is 127 cm³/mol. The van der Waals surface area contributed by atoms with Gasteiger partial charge in [0.2, 0.25) is 11.8 Å². The zero-order chi connectivity index (χ0) is 23.1. The number of thiazole rings is 1. The van der Waals surface area contributed by atoms with Crippen LogP contribution in [0.25, 0.3) is 10.2 Å². The summed E-state index contributed by atoms with van der Waals surface area (Å²) in [4.78, 5) is 40.2.